The molecule has 1 aliphatic heterocycles. The maximum Gasteiger partial charge on any atom is 0.338 e. The van der Waals surface area contributed by atoms with E-state index in [1.807, 2.05) is 6.92 Å². The average molecular weight is 506 g/mol. The molecule has 9 nitrogen and oxygen atoms in total. The molecular weight excluding hydrogens is 482 g/mol. The number of benzene rings is 2. The summed E-state index contributed by atoms with van der Waals surface area (Å²) in [5.41, 5.74) is 1.07. The summed E-state index contributed by atoms with van der Waals surface area (Å²) in [6.45, 7) is 7.65. The van der Waals surface area contributed by atoms with E-state index in [0.29, 0.717) is 34.0 Å². The van der Waals surface area contributed by atoms with Gasteiger partial charge in [-0.25, -0.2) is 9.79 Å². The predicted molar refractivity (Wildman–Crippen MR) is 136 cm³/mol. The van der Waals surface area contributed by atoms with Crippen LogP contribution in [0.4, 0.5) is 5.69 Å². The molecule has 3 aromatic rings. The molecule has 0 N–H and O–H groups in total. The van der Waals surface area contributed by atoms with Crippen LogP contribution in [0.5, 0.6) is 5.75 Å². The fourth-order valence-electron chi connectivity index (χ4n) is 3.94. The Labute approximate surface area is 210 Å². The molecule has 0 saturated heterocycles. The first-order valence-corrected chi connectivity index (χ1v) is 11.9. The van der Waals surface area contributed by atoms with Gasteiger partial charge in [-0.1, -0.05) is 48.3 Å². The van der Waals surface area contributed by atoms with Gasteiger partial charge in [-0.05, 0) is 43.7 Å². The zero-order chi connectivity index (χ0) is 25.8. The molecule has 10 heteroatoms. The van der Waals surface area contributed by atoms with Gasteiger partial charge in [0.05, 0.1) is 38.9 Å². The minimum Gasteiger partial charge on any atom is -0.494 e. The number of allylic oxidation sites excluding steroid dienone is 1. The monoisotopic (exact) mass is 505 g/mol. The summed E-state index contributed by atoms with van der Waals surface area (Å²) < 4.78 is 12.5. The second kappa shape index (κ2) is 10.5. The van der Waals surface area contributed by atoms with Crippen molar-refractivity contribution < 1.29 is 19.2 Å². The number of rotatable bonds is 8. The van der Waals surface area contributed by atoms with Crippen LogP contribution < -0.4 is 19.6 Å². The molecule has 0 amide bonds. The molecule has 1 atom stereocenters. The highest BCUT2D eigenvalue weighted by Gasteiger charge is 2.33. The van der Waals surface area contributed by atoms with Crippen LogP contribution in [-0.4, -0.2) is 28.7 Å². The van der Waals surface area contributed by atoms with Crippen LogP contribution in [0, 0.1) is 10.1 Å². The van der Waals surface area contributed by atoms with Crippen LogP contribution in [0.15, 0.2) is 82.2 Å². The lowest BCUT2D eigenvalue weighted by molar-refractivity contribution is -0.385. The highest BCUT2D eigenvalue weighted by molar-refractivity contribution is 7.07. The summed E-state index contributed by atoms with van der Waals surface area (Å²) in [4.78, 5) is 42.5. The smallest absolute Gasteiger partial charge is 0.338 e. The van der Waals surface area contributed by atoms with E-state index in [1.54, 1.807) is 49.4 Å². The summed E-state index contributed by atoms with van der Waals surface area (Å²) >= 11 is 1.10. The van der Waals surface area contributed by atoms with Gasteiger partial charge in [-0.15, -0.1) is 0 Å². The van der Waals surface area contributed by atoms with Crippen LogP contribution in [0.25, 0.3) is 6.08 Å². The van der Waals surface area contributed by atoms with E-state index in [9.17, 15) is 19.7 Å². The van der Waals surface area contributed by atoms with Crippen molar-refractivity contribution in [1.82, 2.24) is 4.57 Å². The number of aromatic nitrogens is 1. The molecule has 0 fully saturated rings. The molecule has 4 rings (SSSR count). The topological polar surface area (TPSA) is 113 Å². The van der Waals surface area contributed by atoms with Crippen LogP contribution in [0.2, 0.25) is 0 Å². The van der Waals surface area contributed by atoms with Crippen LogP contribution in [-0.2, 0) is 9.53 Å². The summed E-state index contributed by atoms with van der Waals surface area (Å²) in [7, 11) is 0. The van der Waals surface area contributed by atoms with Gasteiger partial charge in [-0.3, -0.25) is 19.5 Å². The van der Waals surface area contributed by atoms with E-state index in [2.05, 4.69) is 11.6 Å². The first-order valence-electron chi connectivity index (χ1n) is 11.1. The fraction of sp³-hybridized carbons (Fsp3) is 0.192. The third-order valence-corrected chi connectivity index (χ3v) is 6.48. The van der Waals surface area contributed by atoms with Gasteiger partial charge in [-0.2, -0.15) is 0 Å². The zero-order valence-electron chi connectivity index (χ0n) is 19.7. The number of nitro benzene ring substituents is 1. The number of nitrogens with zero attached hydrogens (tertiary/aromatic N) is 3. The second-order valence-electron chi connectivity index (χ2n) is 7.79. The summed E-state index contributed by atoms with van der Waals surface area (Å²) in [6, 6.07) is 12.5. The number of hydrogen-bond acceptors (Lipinski definition) is 8. The Bertz CT molecular complexity index is 1550. The third kappa shape index (κ3) is 4.76. The third-order valence-electron chi connectivity index (χ3n) is 5.50. The Kier molecular flexibility index (Phi) is 7.25. The molecule has 1 aliphatic rings. The second-order valence-corrected chi connectivity index (χ2v) is 8.80. The van der Waals surface area contributed by atoms with Crippen molar-refractivity contribution in [3.63, 3.8) is 0 Å². The largest absolute Gasteiger partial charge is 0.494 e. The van der Waals surface area contributed by atoms with Gasteiger partial charge in [0.25, 0.3) is 11.2 Å². The fourth-order valence-corrected chi connectivity index (χ4v) is 4.98. The molecule has 0 aliphatic carbocycles. The minimum absolute atomic E-state index is 0.00765. The molecule has 2 heterocycles. The molecule has 1 aromatic heterocycles. The number of thiazole rings is 1. The first kappa shape index (κ1) is 24.8. The van der Waals surface area contributed by atoms with Crippen LogP contribution >= 0.6 is 11.3 Å². The Morgan fingerprint density at radius 1 is 1.25 bits per heavy atom. The number of nitro groups is 1. The highest BCUT2D eigenvalue weighted by atomic mass is 32.1. The number of esters is 1. The van der Waals surface area contributed by atoms with Gasteiger partial charge < -0.3 is 9.47 Å². The van der Waals surface area contributed by atoms with Crippen molar-refractivity contribution in [2.45, 2.75) is 19.9 Å². The van der Waals surface area contributed by atoms with Crippen molar-refractivity contribution in [2.75, 3.05) is 13.2 Å². The van der Waals surface area contributed by atoms with E-state index in [0.717, 1.165) is 11.3 Å². The van der Waals surface area contributed by atoms with Crippen molar-refractivity contribution >= 4 is 29.1 Å². The number of carbonyl (C=O) groups is 1. The lowest BCUT2D eigenvalue weighted by atomic mass is 9.96. The molecule has 0 saturated carbocycles. The summed E-state index contributed by atoms with van der Waals surface area (Å²) in [5.74, 6) is 0.0459. The van der Waals surface area contributed by atoms with Crippen molar-refractivity contribution in [3.05, 3.63) is 113 Å². The molecule has 1 unspecified atom stereocenters. The molecule has 0 bridgehead atoms. The Hall–Kier alpha value is -4.31. The standard InChI is InChI=1S/C26H23N3O6S/c1-4-14-35-25(31)22-16(3)27-26-28(23(22)17-10-12-19(13-11-17)34-5-2)24(30)21(36-26)15-18-8-6-7-9-20(18)29(32)33/h4,6-13,15,23H,1,5,14H2,2-3H3/b21-15-. The van der Waals surface area contributed by atoms with E-state index in [1.165, 1.54) is 22.8 Å². The number of ether oxygens (including phenoxy) is 2. The number of fused-ring (bicyclic) bond motifs is 1. The van der Waals surface area contributed by atoms with Crippen molar-refractivity contribution in [2.24, 2.45) is 4.99 Å². The molecule has 36 heavy (non-hydrogen) atoms. The molecule has 2 aromatic carbocycles. The van der Waals surface area contributed by atoms with Crippen LogP contribution in [0.1, 0.15) is 31.0 Å². The highest BCUT2D eigenvalue weighted by Crippen LogP contribution is 2.31. The van der Waals surface area contributed by atoms with E-state index >= 15 is 0 Å². The molecular formula is C26H23N3O6S. The van der Waals surface area contributed by atoms with Gasteiger partial charge in [0.15, 0.2) is 4.80 Å². The lowest BCUT2D eigenvalue weighted by Gasteiger charge is -2.24. The predicted octanol–water partition coefficient (Wildman–Crippen LogP) is 3.27. The van der Waals surface area contributed by atoms with Gasteiger partial charge in [0, 0.05) is 6.07 Å². The van der Waals surface area contributed by atoms with Gasteiger partial charge >= 0.3 is 5.97 Å². The normalized spacial score (nSPS) is 15.2. The van der Waals surface area contributed by atoms with Crippen molar-refractivity contribution in [1.29, 1.82) is 0 Å². The lowest BCUT2D eigenvalue weighted by Crippen LogP contribution is -2.39. The Morgan fingerprint density at radius 3 is 2.64 bits per heavy atom. The van der Waals surface area contributed by atoms with E-state index < -0.39 is 22.5 Å². The number of carbonyl (C=O) groups excluding carboxylic acids is 1. The Morgan fingerprint density at radius 2 is 1.97 bits per heavy atom. The zero-order valence-corrected chi connectivity index (χ0v) is 20.5. The van der Waals surface area contributed by atoms with Crippen LogP contribution in [0.3, 0.4) is 0 Å². The molecule has 0 spiro atoms. The van der Waals surface area contributed by atoms with Crippen molar-refractivity contribution in [3.8, 4) is 5.75 Å². The summed E-state index contributed by atoms with van der Waals surface area (Å²) in [6.07, 6.45) is 2.94. The quantitative estimate of drug-likeness (QED) is 0.201. The van der Waals surface area contributed by atoms with E-state index in [4.69, 9.17) is 9.47 Å². The van der Waals surface area contributed by atoms with E-state index in [-0.39, 0.29) is 22.4 Å². The molecule has 184 valence electrons. The SMILES string of the molecule is C=CCOC(=O)C1=C(C)N=c2s/c(=C\c3ccccc3[N+](=O)[O-])c(=O)n2C1c1ccc(OCC)cc1. The number of hydrogen-bond donors (Lipinski definition) is 0. The molecule has 0 radical (unpaired) electrons. The number of para-hydroxylation sites is 1. The minimum atomic E-state index is -0.804. The Balaban J connectivity index is 1.93. The average Bonchev–Trinajstić information content (AvgIpc) is 3.17. The van der Waals surface area contributed by atoms with Gasteiger partial charge in [0.1, 0.15) is 12.4 Å². The van der Waals surface area contributed by atoms with Gasteiger partial charge in [0.2, 0.25) is 0 Å². The maximum absolute atomic E-state index is 13.6. The first-order chi connectivity index (χ1) is 17.3. The summed E-state index contributed by atoms with van der Waals surface area (Å²) in [5, 5.41) is 11.5. The maximum atomic E-state index is 13.6.